The number of carbonyl (C=O) groups is 3. The molecule has 0 saturated heterocycles. The van der Waals surface area contributed by atoms with Crippen LogP contribution in [0.4, 0.5) is 0 Å². The van der Waals surface area contributed by atoms with Crippen molar-refractivity contribution in [1.82, 2.24) is 0 Å². The van der Waals surface area contributed by atoms with Crippen molar-refractivity contribution in [3.8, 4) is 0 Å². The number of carbonyl (C=O) groups excluding carboxylic acids is 3. The lowest BCUT2D eigenvalue weighted by molar-refractivity contribution is -0.169. The normalized spacial score (nSPS) is 12.4. The molecule has 0 aromatic heterocycles. The van der Waals surface area contributed by atoms with Gasteiger partial charge in [-0.1, -0.05) is 201 Å². The van der Waals surface area contributed by atoms with Gasteiger partial charge in [-0.25, -0.2) is 0 Å². The highest BCUT2D eigenvalue weighted by molar-refractivity contribution is 5.70. The first-order valence-corrected chi connectivity index (χ1v) is 24.0. The molecule has 0 aromatic carbocycles. The maximum atomic E-state index is 13.2. The lowest BCUT2D eigenvalue weighted by Crippen LogP contribution is -2.35. The van der Waals surface area contributed by atoms with E-state index in [1.165, 1.54) is 128 Å². The summed E-state index contributed by atoms with van der Waals surface area (Å²) in [6.07, 6.45) is 40.2. The van der Waals surface area contributed by atoms with Crippen molar-refractivity contribution in [2.75, 3.05) is 6.61 Å². The number of ether oxygens (including phenoxy) is 3. The summed E-state index contributed by atoms with van der Waals surface area (Å²) in [7, 11) is 0. The van der Waals surface area contributed by atoms with Crippen LogP contribution in [0.5, 0.6) is 0 Å². The Labute approximate surface area is 336 Å². The molecule has 0 spiro atoms. The van der Waals surface area contributed by atoms with Gasteiger partial charge in [0.1, 0.15) is 12.2 Å². The third-order valence-electron chi connectivity index (χ3n) is 10.9. The fraction of sp³-hybridized carbons (Fsp3) is 0.938. The Balaban J connectivity index is 5.08. The highest BCUT2D eigenvalue weighted by atomic mass is 16.6. The second kappa shape index (κ2) is 42.6. The molecule has 0 bridgehead atoms. The van der Waals surface area contributed by atoms with Crippen molar-refractivity contribution in [2.24, 2.45) is 0 Å². The predicted molar refractivity (Wildman–Crippen MR) is 229 cm³/mol. The molecule has 6 heteroatoms. The van der Waals surface area contributed by atoms with Crippen LogP contribution in [0.3, 0.4) is 0 Å². The van der Waals surface area contributed by atoms with Crippen LogP contribution in [0.2, 0.25) is 0 Å². The molecule has 0 aliphatic rings. The Morgan fingerprint density at radius 3 is 0.907 bits per heavy atom. The summed E-state index contributed by atoms with van der Waals surface area (Å²) in [4.78, 5) is 38.5. The van der Waals surface area contributed by atoms with Crippen molar-refractivity contribution in [2.45, 2.75) is 284 Å². The fourth-order valence-corrected chi connectivity index (χ4v) is 7.31. The van der Waals surface area contributed by atoms with Crippen LogP contribution in [0.15, 0.2) is 0 Å². The molecule has 0 fully saturated rings. The minimum atomic E-state index is -0.388. The summed E-state index contributed by atoms with van der Waals surface area (Å²) in [6.45, 7) is 9.47. The first kappa shape index (κ1) is 52.4. The van der Waals surface area contributed by atoms with E-state index in [9.17, 15) is 14.4 Å². The van der Waals surface area contributed by atoms with Gasteiger partial charge in [-0.05, 0) is 51.4 Å². The van der Waals surface area contributed by atoms with Crippen molar-refractivity contribution in [3.05, 3.63) is 0 Å². The van der Waals surface area contributed by atoms with Crippen LogP contribution < -0.4 is 0 Å². The Morgan fingerprint density at radius 2 is 0.574 bits per heavy atom. The van der Waals surface area contributed by atoms with E-state index in [0.717, 1.165) is 96.3 Å². The molecule has 0 radical (unpaired) electrons. The number of hydrogen-bond acceptors (Lipinski definition) is 6. The summed E-state index contributed by atoms with van der Waals surface area (Å²) in [6, 6.07) is 0. The van der Waals surface area contributed by atoms with Gasteiger partial charge in [0, 0.05) is 19.3 Å². The zero-order chi connectivity index (χ0) is 39.6. The van der Waals surface area contributed by atoms with Crippen molar-refractivity contribution in [3.63, 3.8) is 0 Å². The minimum Gasteiger partial charge on any atom is -0.466 e. The van der Waals surface area contributed by atoms with Gasteiger partial charge in [-0.2, -0.15) is 0 Å². The SMILES string of the molecule is CCCCCCCCCCCC(=O)OC(CCCCCCCC)C(CCCCCCCC(=O)OCCCCCC)OC(=O)CCCCCCCCCCC. The van der Waals surface area contributed by atoms with E-state index in [-0.39, 0.29) is 30.1 Å². The van der Waals surface area contributed by atoms with E-state index >= 15 is 0 Å². The molecule has 0 amide bonds. The van der Waals surface area contributed by atoms with Crippen LogP contribution in [0.25, 0.3) is 0 Å². The van der Waals surface area contributed by atoms with Crippen molar-refractivity contribution >= 4 is 17.9 Å². The monoisotopic (exact) mass is 765 g/mol. The van der Waals surface area contributed by atoms with E-state index in [4.69, 9.17) is 14.2 Å². The Bertz CT molecular complexity index is 813. The Hall–Kier alpha value is -1.59. The van der Waals surface area contributed by atoms with E-state index in [0.29, 0.717) is 25.9 Å². The number of esters is 3. The van der Waals surface area contributed by atoms with Crippen molar-refractivity contribution < 1.29 is 28.6 Å². The number of rotatable bonds is 43. The predicted octanol–water partition coefficient (Wildman–Crippen LogP) is 15.3. The highest BCUT2D eigenvalue weighted by Crippen LogP contribution is 2.23. The zero-order valence-corrected chi connectivity index (χ0v) is 36.7. The maximum absolute atomic E-state index is 13.2. The summed E-state index contributed by atoms with van der Waals surface area (Å²) in [5.41, 5.74) is 0. The molecule has 0 N–H and O–H groups in total. The van der Waals surface area contributed by atoms with Gasteiger partial charge in [-0.15, -0.1) is 0 Å². The standard InChI is InChI=1S/C48H92O6/c1-5-9-13-17-20-22-24-29-35-41-47(50)53-44(38-32-27-19-15-11-7-3)45(54-48(51)42-36-30-25-23-21-18-14-10-6-2)39-33-28-26-31-34-40-46(49)52-43-37-16-12-8-4/h44-45H,5-43H2,1-4H3. The summed E-state index contributed by atoms with van der Waals surface area (Å²) in [5, 5.41) is 0. The molecule has 2 atom stereocenters. The van der Waals surface area contributed by atoms with Crippen molar-refractivity contribution in [1.29, 1.82) is 0 Å². The quantitative estimate of drug-likeness (QED) is 0.0349. The molecule has 0 rings (SSSR count). The third-order valence-corrected chi connectivity index (χ3v) is 10.9. The van der Waals surface area contributed by atoms with E-state index in [1.807, 2.05) is 0 Å². The van der Waals surface area contributed by atoms with Crippen LogP contribution >= 0.6 is 0 Å². The summed E-state index contributed by atoms with van der Waals surface area (Å²) < 4.78 is 17.8. The second-order valence-corrected chi connectivity index (χ2v) is 16.4. The molecular weight excluding hydrogens is 673 g/mol. The molecule has 6 nitrogen and oxygen atoms in total. The average molecular weight is 765 g/mol. The van der Waals surface area contributed by atoms with Crippen LogP contribution in [0.1, 0.15) is 272 Å². The minimum absolute atomic E-state index is 0.0767. The molecule has 0 aromatic rings. The Morgan fingerprint density at radius 1 is 0.315 bits per heavy atom. The molecular formula is C48H92O6. The molecule has 0 saturated carbocycles. The van der Waals surface area contributed by atoms with Crippen LogP contribution in [-0.4, -0.2) is 36.7 Å². The lowest BCUT2D eigenvalue weighted by atomic mass is 9.98. The van der Waals surface area contributed by atoms with Gasteiger partial charge >= 0.3 is 17.9 Å². The topological polar surface area (TPSA) is 78.9 Å². The third kappa shape index (κ3) is 37.3. The van der Waals surface area contributed by atoms with Gasteiger partial charge in [0.15, 0.2) is 0 Å². The number of unbranched alkanes of at least 4 members (excludes halogenated alkanes) is 28. The maximum Gasteiger partial charge on any atom is 0.306 e. The second-order valence-electron chi connectivity index (χ2n) is 16.4. The molecule has 2 unspecified atom stereocenters. The first-order chi connectivity index (χ1) is 26.5. The van der Waals surface area contributed by atoms with E-state index in [2.05, 4.69) is 27.7 Å². The zero-order valence-electron chi connectivity index (χ0n) is 36.7. The molecule has 0 heterocycles. The Kier molecular flexibility index (Phi) is 41.3. The van der Waals surface area contributed by atoms with E-state index < -0.39 is 0 Å². The molecule has 0 aliphatic heterocycles. The summed E-state index contributed by atoms with van der Waals surface area (Å²) >= 11 is 0. The first-order valence-electron chi connectivity index (χ1n) is 24.0. The average Bonchev–Trinajstić information content (AvgIpc) is 3.16. The van der Waals surface area contributed by atoms with Gasteiger partial charge in [-0.3, -0.25) is 14.4 Å². The van der Waals surface area contributed by atoms with Gasteiger partial charge in [0.25, 0.3) is 0 Å². The van der Waals surface area contributed by atoms with Gasteiger partial charge in [0.05, 0.1) is 6.61 Å². The number of hydrogen-bond donors (Lipinski definition) is 0. The molecule has 320 valence electrons. The van der Waals surface area contributed by atoms with Gasteiger partial charge < -0.3 is 14.2 Å². The highest BCUT2D eigenvalue weighted by Gasteiger charge is 2.28. The molecule has 0 aliphatic carbocycles. The van der Waals surface area contributed by atoms with Crippen LogP contribution in [0, 0.1) is 0 Å². The van der Waals surface area contributed by atoms with Gasteiger partial charge in [0.2, 0.25) is 0 Å². The smallest absolute Gasteiger partial charge is 0.306 e. The largest absolute Gasteiger partial charge is 0.466 e. The van der Waals surface area contributed by atoms with E-state index in [1.54, 1.807) is 0 Å². The lowest BCUT2D eigenvalue weighted by Gasteiger charge is -2.27. The van der Waals surface area contributed by atoms with Crippen LogP contribution in [-0.2, 0) is 28.6 Å². The summed E-state index contributed by atoms with van der Waals surface area (Å²) in [5.74, 6) is -0.350. The fourth-order valence-electron chi connectivity index (χ4n) is 7.31. The molecule has 54 heavy (non-hydrogen) atoms.